The van der Waals surface area contributed by atoms with Crippen LogP contribution in [0.25, 0.3) is 0 Å². The molecule has 0 atom stereocenters. The molecule has 0 saturated heterocycles. The van der Waals surface area contributed by atoms with E-state index in [1.807, 2.05) is 55.0 Å². The third-order valence-electron chi connectivity index (χ3n) is 2.74. The summed E-state index contributed by atoms with van der Waals surface area (Å²) in [7, 11) is 0. The van der Waals surface area contributed by atoms with E-state index in [1.54, 1.807) is 23.5 Å². The van der Waals surface area contributed by atoms with Crippen molar-refractivity contribution in [3.63, 3.8) is 0 Å². The maximum Gasteiger partial charge on any atom is 0.138 e. The van der Waals surface area contributed by atoms with Crippen molar-refractivity contribution in [2.75, 3.05) is 12.5 Å². The molecule has 2 aromatic carbocycles. The Hall–Kier alpha value is -1.17. The van der Waals surface area contributed by atoms with Crippen LogP contribution < -0.4 is 10.5 Å². The zero-order valence-electron chi connectivity index (χ0n) is 11.3. The van der Waals surface area contributed by atoms with Crippen LogP contribution in [0, 0.1) is 0 Å². The Labute approximate surface area is 133 Å². The van der Waals surface area contributed by atoms with Crippen molar-refractivity contribution in [1.29, 1.82) is 0 Å². The van der Waals surface area contributed by atoms with Gasteiger partial charge in [0.15, 0.2) is 0 Å². The van der Waals surface area contributed by atoms with Crippen LogP contribution in [0.4, 0.5) is 0 Å². The summed E-state index contributed by atoms with van der Waals surface area (Å²) < 4.78 is 5.92. The first-order valence-corrected chi connectivity index (χ1v) is 8.80. The minimum absolute atomic E-state index is 0.352. The molecule has 0 unspecified atom stereocenters. The second-order valence-corrected chi connectivity index (χ2v) is 6.14. The molecule has 0 fully saturated rings. The number of nitrogens with two attached hydrogens (primary N) is 1. The van der Waals surface area contributed by atoms with Gasteiger partial charge in [-0.05, 0) is 48.9 Å². The zero-order valence-corrected chi connectivity index (χ0v) is 13.7. The molecule has 2 aromatic rings. The molecule has 2 rings (SSSR count). The lowest BCUT2D eigenvalue weighted by Gasteiger charge is -2.13. The molecule has 104 valence electrons. The van der Waals surface area contributed by atoms with Gasteiger partial charge in [-0.1, -0.05) is 18.3 Å². The van der Waals surface area contributed by atoms with Gasteiger partial charge >= 0.3 is 0 Å². The molecular formula is C15H15NOS3. The first-order valence-electron chi connectivity index (χ1n) is 5.94. The van der Waals surface area contributed by atoms with E-state index in [-0.39, 0.29) is 0 Å². The lowest BCUT2D eigenvalue weighted by atomic mass is 10.2. The average molecular weight is 321 g/mol. The van der Waals surface area contributed by atoms with Crippen LogP contribution >= 0.6 is 35.7 Å². The van der Waals surface area contributed by atoms with Gasteiger partial charge in [0.2, 0.25) is 0 Å². The summed E-state index contributed by atoms with van der Waals surface area (Å²) >= 11 is 8.44. The van der Waals surface area contributed by atoms with Crippen LogP contribution in [0.1, 0.15) is 5.56 Å². The SMILES string of the molecule is CSc1ccc(Oc2cccc(SC)c2C(N)=S)cc1. The molecule has 0 amide bonds. The van der Waals surface area contributed by atoms with Gasteiger partial charge in [0.25, 0.3) is 0 Å². The van der Waals surface area contributed by atoms with Crippen LogP contribution in [0.2, 0.25) is 0 Å². The largest absolute Gasteiger partial charge is 0.457 e. The van der Waals surface area contributed by atoms with Crippen LogP contribution in [0.5, 0.6) is 11.5 Å². The van der Waals surface area contributed by atoms with E-state index in [0.29, 0.717) is 10.7 Å². The van der Waals surface area contributed by atoms with Crippen molar-refractivity contribution in [3.05, 3.63) is 48.0 Å². The Morgan fingerprint density at radius 1 is 1.05 bits per heavy atom. The molecule has 0 saturated carbocycles. The van der Waals surface area contributed by atoms with Gasteiger partial charge in [-0.3, -0.25) is 0 Å². The molecule has 0 spiro atoms. The minimum atomic E-state index is 0.352. The van der Waals surface area contributed by atoms with E-state index in [9.17, 15) is 0 Å². The number of thiocarbonyl (C=S) groups is 1. The predicted molar refractivity (Wildman–Crippen MR) is 92.4 cm³/mol. The second kappa shape index (κ2) is 7.02. The van der Waals surface area contributed by atoms with E-state index in [2.05, 4.69) is 0 Å². The first-order chi connectivity index (χ1) is 9.65. The van der Waals surface area contributed by atoms with E-state index >= 15 is 0 Å². The molecule has 0 heterocycles. The molecule has 20 heavy (non-hydrogen) atoms. The van der Waals surface area contributed by atoms with Crippen molar-refractivity contribution < 1.29 is 4.74 Å². The molecule has 5 heteroatoms. The topological polar surface area (TPSA) is 35.2 Å². The Balaban J connectivity index is 2.34. The summed E-state index contributed by atoms with van der Waals surface area (Å²) in [5.41, 5.74) is 6.62. The number of hydrogen-bond acceptors (Lipinski definition) is 4. The van der Waals surface area contributed by atoms with Crippen LogP contribution in [-0.4, -0.2) is 17.5 Å². The summed E-state index contributed by atoms with van der Waals surface area (Å²) in [6.07, 6.45) is 4.04. The average Bonchev–Trinajstić information content (AvgIpc) is 2.47. The van der Waals surface area contributed by atoms with Crippen molar-refractivity contribution in [2.45, 2.75) is 9.79 Å². The highest BCUT2D eigenvalue weighted by Crippen LogP contribution is 2.32. The summed E-state index contributed by atoms with van der Waals surface area (Å²) in [6, 6.07) is 13.8. The van der Waals surface area contributed by atoms with Gasteiger partial charge in [-0.2, -0.15) is 0 Å². The Morgan fingerprint density at radius 3 is 2.30 bits per heavy atom. The van der Waals surface area contributed by atoms with E-state index in [1.165, 1.54) is 4.90 Å². The lowest BCUT2D eigenvalue weighted by Crippen LogP contribution is -2.12. The minimum Gasteiger partial charge on any atom is -0.457 e. The molecule has 0 aliphatic carbocycles. The molecular weight excluding hydrogens is 306 g/mol. The van der Waals surface area contributed by atoms with Gasteiger partial charge in [-0.25, -0.2) is 0 Å². The molecule has 0 aromatic heterocycles. The van der Waals surface area contributed by atoms with Gasteiger partial charge in [0.05, 0.1) is 5.56 Å². The molecule has 0 bridgehead atoms. The van der Waals surface area contributed by atoms with E-state index in [4.69, 9.17) is 22.7 Å². The molecule has 2 N–H and O–H groups in total. The molecule has 0 aliphatic heterocycles. The third kappa shape index (κ3) is 3.48. The number of rotatable bonds is 5. The maximum atomic E-state index is 5.92. The van der Waals surface area contributed by atoms with Gasteiger partial charge in [-0.15, -0.1) is 23.5 Å². The number of ether oxygens (including phenoxy) is 1. The lowest BCUT2D eigenvalue weighted by molar-refractivity contribution is 0.480. The Kier molecular flexibility index (Phi) is 5.34. The van der Waals surface area contributed by atoms with E-state index < -0.39 is 0 Å². The molecule has 0 radical (unpaired) electrons. The number of thioether (sulfide) groups is 2. The summed E-state index contributed by atoms with van der Waals surface area (Å²) in [5.74, 6) is 1.47. The monoisotopic (exact) mass is 321 g/mol. The summed E-state index contributed by atoms with van der Waals surface area (Å²) in [6.45, 7) is 0. The fourth-order valence-corrected chi connectivity index (χ4v) is 3.09. The van der Waals surface area contributed by atoms with Crippen molar-refractivity contribution in [2.24, 2.45) is 5.73 Å². The normalized spacial score (nSPS) is 10.3. The van der Waals surface area contributed by atoms with Crippen molar-refractivity contribution in [3.8, 4) is 11.5 Å². The van der Waals surface area contributed by atoms with Crippen LogP contribution in [0.15, 0.2) is 52.3 Å². The second-order valence-electron chi connectivity index (χ2n) is 3.98. The van der Waals surface area contributed by atoms with Gasteiger partial charge < -0.3 is 10.5 Å². The Bertz CT molecular complexity index is 611. The fourth-order valence-electron chi connectivity index (χ4n) is 1.78. The quantitative estimate of drug-likeness (QED) is 0.645. The summed E-state index contributed by atoms with van der Waals surface area (Å²) in [5, 5.41) is 0. The highest BCUT2D eigenvalue weighted by molar-refractivity contribution is 7.99. The van der Waals surface area contributed by atoms with Crippen LogP contribution in [0.3, 0.4) is 0 Å². The maximum absolute atomic E-state index is 5.92. The molecule has 2 nitrogen and oxygen atoms in total. The Morgan fingerprint density at radius 2 is 1.75 bits per heavy atom. The van der Waals surface area contributed by atoms with Gasteiger partial charge in [0.1, 0.15) is 16.5 Å². The highest BCUT2D eigenvalue weighted by atomic mass is 32.2. The number of benzene rings is 2. The van der Waals surface area contributed by atoms with Crippen LogP contribution in [-0.2, 0) is 0 Å². The molecule has 0 aliphatic rings. The smallest absolute Gasteiger partial charge is 0.138 e. The first kappa shape index (κ1) is 15.2. The van der Waals surface area contributed by atoms with Crippen molar-refractivity contribution in [1.82, 2.24) is 0 Å². The van der Waals surface area contributed by atoms with Crippen molar-refractivity contribution >= 4 is 40.7 Å². The standard InChI is InChI=1S/C15H15NOS3/c1-19-11-8-6-10(7-9-11)17-12-4-3-5-13(20-2)14(12)15(16)18/h3-9H,1-2H3,(H2,16,18). The summed E-state index contributed by atoms with van der Waals surface area (Å²) in [4.78, 5) is 2.58. The van der Waals surface area contributed by atoms with E-state index in [0.717, 1.165) is 16.2 Å². The number of hydrogen-bond donors (Lipinski definition) is 1. The van der Waals surface area contributed by atoms with Gasteiger partial charge in [0, 0.05) is 9.79 Å². The third-order valence-corrected chi connectivity index (χ3v) is 4.47. The fraction of sp³-hybridized carbons (Fsp3) is 0.133. The zero-order chi connectivity index (χ0) is 14.5. The predicted octanol–water partition coefficient (Wildman–Crippen LogP) is 4.56. The highest BCUT2D eigenvalue weighted by Gasteiger charge is 2.12.